The lowest BCUT2D eigenvalue weighted by Crippen LogP contribution is -2.15. The molecule has 0 unspecified atom stereocenters. The average Bonchev–Trinajstić information content (AvgIpc) is 3.27. The molecule has 2 aromatic heterocycles. The SMILES string of the molecule is Cc1nn(-c2ccccc2)c(C)c1C(=O)Nc1ncn(Cc2ccccc2Cl)n1. The van der Waals surface area contributed by atoms with Crippen molar-refractivity contribution in [2.75, 3.05) is 5.32 Å². The van der Waals surface area contributed by atoms with Gasteiger partial charge in [-0.15, -0.1) is 5.10 Å². The van der Waals surface area contributed by atoms with Crippen LogP contribution in [0.3, 0.4) is 0 Å². The fourth-order valence-corrected chi connectivity index (χ4v) is 3.38. The monoisotopic (exact) mass is 406 g/mol. The summed E-state index contributed by atoms with van der Waals surface area (Å²) in [6.45, 7) is 4.14. The molecule has 4 rings (SSSR count). The Bertz CT molecular complexity index is 1170. The number of para-hydroxylation sites is 1. The molecule has 0 atom stereocenters. The van der Waals surface area contributed by atoms with Crippen LogP contribution >= 0.6 is 11.6 Å². The van der Waals surface area contributed by atoms with Crippen LogP contribution in [0.1, 0.15) is 27.3 Å². The summed E-state index contributed by atoms with van der Waals surface area (Å²) in [6, 6.07) is 17.2. The van der Waals surface area contributed by atoms with Crippen LogP contribution < -0.4 is 5.32 Å². The second kappa shape index (κ2) is 7.89. The molecule has 1 N–H and O–H groups in total. The molecule has 7 nitrogen and oxygen atoms in total. The van der Waals surface area contributed by atoms with Gasteiger partial charge in [-0.25, -0.2) is 14.3 Å². The third-order valence-electron chi connectivity index (χ3n) is 4.57. The van der Waals surface area contributed by atoms with Crippen molar-refractivity contribution in [3.63, 3.8) is 0 Å². The molecule has 0 radical (unpaired) electrons. The molecule has 0 spiro atoms. The van der Waals surface area contributed by atoms with Crippen LogP contribution in [0.5, 0.6) is 0 Å². The third-order valence-corrected chi connectivity index (χ3v) is 4.94. The molecule has 29 heavy (non-hydrogen) atoms. The first-order valence-electron chi connectivity index (χ1n) is 9.09. The lowest BCUT2D eigenvalue weighted by Gasteiger charge is -2.05. The zero-order valence-corrected chi connectivity index (χ0v) is 16.8. The standard InChI is InChI=1S/C21H19ClN6O/c1-14-19(15(2)28(25-14)17-9-4-3-5-10-17)20(29)24-21-23-13-27(26-21)12-16-8-6-7-11-18(16)22/h3-11,13H,12H2,1-2H3,(H,24,26,29). The van der Waals surface area contributed by atoms with Crippen molar-refractivity contribution >= 4 is 23.5 Å². The summed E-state index contributed by atoms with van der Waals surface area (Å²) in [7, 11) is 0. The van der Waals surface area contributed by atoms with Gasteiger partial charge in [-0.1, -0.05) is 48.0 Å². The highest BCUT2D eigenvalue weighted by Gasteiger charge is 2.20. The molecule has 1 amide bonds. The molecule has 0 saturated carbocycles. The van der Waals surface area contributed by atoms with Crippen molar-refractivity contribution in [2.24, 2.45) is 0 Å². The van der Waals surface area contributed by atoms with E-state index in [9.17, 15) is 4.79 Å². The van der Waals surface area contributed by atoms with E-state index in [0.29, 0.717) is 22.8 Å². The number of nitrogens with one attached hydrogen (secondary N) is 1. The molecule has 8 heteroatoms. The number of benzene rings is 2. The van der Waals surface area contributed by atoms with Crippen molar-refractivity contribution in [2.45, 2.75) is 20.4 Å². The van der Waals surface area contributed by atoms with E-state index in [4.69, 9.17) is 11.6 Å². The molecule has 146 valence electrons. The predicted octanol–water partition coefficient (Wildman–Crippen LogP) is 4.03. The highest BCUT2D eigenvalue weighted by molar-refractivity contribution is 6.31. The Morgan fingerprint density at radius 2 is 1.76 bits per heavy atom. The number of carbonyl (C=O) groups excluding carboxylic acids is 1. The molecule has 0 aliphatic rings. The Morgan fingerprint density at radius 1 is 1.03 bits per heavy atom. The van der Waals surface area contributed by atoms with Crippen molar-refractivity contribution in [1.82, 2.24) is 24.5 Å². The van der Waals surface area contributed by atoms with Crippen LogP contribution in [0, 0.1) is 13.8 Å². The van der Waals surface area contributed by atoms with Crippen LogP contribution in [0.4, 0.5) is 5.95 Å². The van der Waals surface area contributed by atoms with Crippen molar-refractivity contribution < 1.29 is 4.79 Å². The Hall–Kier alpha value is -3.45. The highest BCUT2D eigenvalue weighted by Crippen LogP contribution is 2.19. The van der Waals surface area contributed by atoms with Gasteiger partial charge in [0.05, 0.1) is 29.2 Å². The quantitative estimate of drug-likeness (QED) is 0.542. The van der Waals surface area contributed by atoms with E-state index in [1.807, 2.05) is 68.4 Å². The number of aromatic nitrogens is 5. The van der Waals surface area contributed by atoms with Crippen LogP contribution in [-0.4, -0.2) is 30.5 Å². The largest absolute Gasteiger partial charge is 0.289 e. The number of halogens is 1. The summed E-state index contributed by atoms with van der Waals surface area (Å²) in [6.07, 6.45) is 1.56. The molecule has 0 aliphatic heterocycles. The number of anilines is 1. The Kier molecular flexibility index (Phi) is 5.14. The molecule has 2 aromatic carbocycles. The number of carbonyl (C=O) groups is 1. The normalized spacial score (nSPS) is 10.9. The summed E-state index contributed by atoms with van der Waals surface area (Å²) in [4.78, 5) is 17.0. The van der Waals surface area contributed by atoms with Crippen LogP contribution in [0.15, 0.2) is 60.9 Å². The molecule has 0 fully saturated rings. The van der Waals surface area contributed by atoms with Gasteiger partial charge in [0.1, 0.15) is 6.33 Å². The maximum atomic E-state index is 12.8. The maximum Gasteiger partial charge on any atom is 0.261 e. The summed E-state index contributed by atoms with van der Waals surface area (Å²) in [5, 5.41) is 12.3. The number of rotatable bonds is 5. The second-order valence-corrected chi connectivity index (χ2v) is 7.01. The number of amides is 1. The van der Waals surface area contributed by atoms with Gasteiger partial charge in [-0.2, -0.15) is 5.10 Å². The fourth-order valence-electron chi connectivity index (χ4n) is 3.19. The van der Waals surface area contributed by atoms with Crippen molar-refractivity contribution in [3.8, 4) is 5.69 Å². The molecular weight excluding hydrogens is 388 g/mol. The van der Waals surface area contributed by atoms with Crippen molar-refractivity contribution in [1.29, 1.82) is 0 Å². The van der Waals surface area contributed by atoms with E-state index in [-0.39, 0.29) is 11.9 Å². The van der Waals surface area contributed by atoms with Gasteiger partial charge < -0.3 is 0 Å². The van der Waals surface area contributed by atoms with Crippen LogP contribution in [0.2, 0.25) is 5.02 Å². The zero-order valence-electron chi connectivity index (χ0n) is 16.0. The van der Waals surface area contributed by atoms with Crippen LogP contribution in [-0.2, 0) is 6.54 Å². The summed E-state index contributed by atoms with van der Waals surface area (Å²) in [5.74, 6) is -0.0639. The third kappa shape index (κ3) is 3.90. The molecular formula is C21H19ClN6O. The first-order valence-corrected chi connectivity index (χ1v) is 9.46. The zero-order chi connectivity index (χ0) is 20.4. The van der Waals surface area contributed by atoms with Crippen LogP contribution in [0.25, 0.3) is 5.69 Å². The summed E-state index contributed by atoms with van der Waals surface area (Å²) < 4.78 is 3.39. The molecule has 0 aliphatic carbocycles. The van der Waals surface area contributed by atoms with Crippen molar-refractivity contribution in [3.05, 3.63) is 88.5 Å². The van der Waals surface area contributed by atoms with Gasteiger partial charge in [0.2, 0.25) is 5.95 Å². The topological polar surface area (TPSA) is 77.6 Å². The number of aryl methyl sites for hydroxylation is 1. The highest BCUT2D eigenvalue weighted by atomic mass is 35.5. The van der Waals surface area contributed by atoms with Gasteiger partial charge >= 0.3 is 0 Å². The lowest BCUT2D eigenvalue weighted by molar-refractivity contribution is 0.102. The van der Waals surface area contributed by atoms with Gasteiger partial charge in [0, 0.05) is 5.02 Å². The van der Waals surface area contributed by atoms with E-state index in [0.717, 1.165) is 16.9 Å². The lowest BCUT2D eigenvalue weighted by atomic mass is 10.2. The molecule has 0 bridgehead atoms. The molecule has 4 aromatic rings. The van der Waals surface area contributed by atoms with E-state index in [1.165, 1.54) is 0 Å². The first-order chi connectivity index (χ1) is 14.0. The van der Waals surface area contributed by atoms with Gasteiger partial charge in [0.15, 0.2) is 0 Å². The van der Waals surface area contributed by atoms with E-state index in [1.54, 1.807) is 15.7 Å². The number of hydrogen-bond acceptors (Lipinski definition) is 4. The fraction of sp³-hybridized carbons (Fsp3) is 0.143. The smallest absolute Gasteiger partial charge is 0.261 e. The average molecular weight is 407 g/mol. The minimum absolute atomic E-state index is 0.230. The first kappa shape index (κ1) is 18.9. The van der Waals surface area contributed by atoms with E-state index in [2.05, 4.69) is 20.5 Å². The van der Waals surface area contributed by atoms with Gasteiger partial charge in [0.25, 0.3) is 5.91 Å². The Morgan fingerprint density at radius 3 is 2.52 bits per heavy atom. The maximum absolute atomic E-state index is 12.8. The molecule has 0 saturated heterocycles. The minimum atomic E-state index is -0.294. The predicted molar refractivity (Wildman–Crippen MR) is 112 cm³/mol. The van der Waals surface area contributed by atoms with E-state index < -0.39 is 0 Å². The summed E-state index contributed by atoms with van der Waals surface area (Å²) >= 11 is 6.19. The second-order valence-electron chi connectivity index (χ2n) is 6.60. The minimum Gasteiger partial charge on any atom is -0.289 e. The molecule has 2 heterocycles. The van der Waals surface area contributed by atoms with E-state index >= 15 is 0 Å². The van der Waals surface area contributed by atoms with Gasteiger partial charge in [-0.05, 0) is 37.6 Å². The number of nitrogens with zero attached hydrogens (tertiary/aromatic N) is 5. The van der Waals surface area contributed by atoms with Gasteiger partial charge in [-0.3, -0.25) is 10.1 Å². The Labute approximate surface area is 173 Å². The number of hydrogen-bond donors (Lipinski definition) is 1. The summed E-state index contributed by atoms with van der Waals surface area (Å²) in [5.41, 5.74) is 3.72. The Balaban J connectivity index is 1.53.